The Kier molecular flexibility index (Phi) is 8.59. The van der Waals surface area contributed by atoms with Crippen LogP contribution in [0.4, 0.5) is 15.3 Å². The van der Waals surface area contributed by atoms with Gasteiger partial charge in [0.1, 0.15) is 0 Å². The van der Waals surface area contributed by atoms with Crippen molar-refractivity contribution < 1.29 is 27.5 Å². The number of nitrogens with zero attached hydrogens (tertiary/aromatic N) is 2. The Morgan fingerprint density at radius 2 is 1.90 bits per heavy atom. The van der Waals surface area contributed by atoms with Crippen molar-refractivity contribution in [2.75, 3.05) is 18.5 Å². The average molecular weight is 587 g/mol. The number of benzene rings is 1. The van der Waals surface area contributed by atoms with E-state index in [1.807, 2.05) is 6.07 Å². The molecule has 2 fully saturated rings. The zero-order valence-corrected chi connectivity index (χ0v) is 23.2. The number of hydrogen-bond acceptors (Lipinski definition) is 9. The summed E-state index contributed by atoms with van der Waals surface area (Å²) in [6.45, 7) is 1.11. The number of amides is 3. The third kappa shape index (κ3) is 7.13. The van der Waals surface area contributed by atoms with Crippen LogP contribution in [0.25, 0.3) is 10.4 Å². The first-order valence-electron chi connectivity index (χ1n) is 12.9. The van der Waals surface area contributed by atoms with E-state index in [1.54, 1.807) is 36.7 Å². The second-order valence-electron chi connectivity index (χ2n) is 9.71. The number of rotatable bonds is 8. The Labute approximate surface area is 235 Å². The number of nitrogens with one attached hydrogen (secondary N) is 3. The highest BCUT2D eigenvalue weighted by atomic mass is 32.2. The summed E-state index contributed by atoms with van der Waals surface area (Å²) in [5, 5.41) is 14.7. The number of alkyl carbamates (subject to hydrolysis) is 1. The number of pyridine rings is 1. The van der Waals surface area contributed by atoms with Crippen molar-refractivity contribution in [2.24, 2.45) is 5.14 Å². The number of primary sulfonamides is 1. The molecule has 2 aromatic heterocycles. The number of hydrogen-bond donors (Lipinski definition) is 4. The fourth-order valence-electron chi connectivity index (χ4n) is 4.61. The van der Waals surface area contributed by atoms with Crippen LogP contribution in [-0.2, 0) is 26.0 Å². The van der Waals surface area contributed by atoms with Gasteiger partial charge in [0.25, 0.3) is 0 Å². The normalized spacial score (nSPS) is 19.3. The molecule has 12 nitrogen and oxygen atoms in total. The highest BCUT2D eigenvalue weighted by Crippen LogP contribution is 2.39. The van der Waals surface area contributed by atoms with E-state index in [1.165, 1.54) is 17.4 Å². The van der Waals surface area contributed by atoms with Gasteiger partial charge in [-0.05, 0) is 49.9 Å². The molecule has 1 saturated carbocycles. The summed E-state index contributed by atoms with van der Waals surface area (Å²) in [4.78, 5) is 33.7. The molecule has 14 heteroatoms. The first-order chi connectivity index (χ1) is 19.2. The lowest BCUT2D eigenvalue weighted by molar-refractivity contribution is -0.0985. The van der Waals surface area contributed by atoms with Gasteiger partial charge in [0.15, 0.2) is 6.10 Å². The topological polar surface area (TPSA) is 175 Å². The van der Waals surface area contributed by atoms with Gasteiger partial charge in [0.05, 0.1) is 40.2 Å². The first-order valence-corrected chi connectivity index (χ1v) is 15.2. The molecular formula is C26H30N6O6S2. The van der Waals surface area contributed by atoms with Gasteiger partial charge >= 0.3 is 12.1 Å². The quantitative estimate of drug-likeness (QED) is 0.311. The van der Waals surface area contributed by atoms with Crippen LogP contribution >= 0.6 is 11.3 Å². The minimum Gasteiger partial charge on any atom is -0.441 e. The summed E-state index contributed by atoms with van der Waals surface area (Å²) in [5.41, 5.74) is 1.39. The SMILES string of the molecule is NS(=O)(=O)c1cc(NC(=O)NCc2ccccn2)ccc1-c1cnc(C2CCC(NC(=O)OC3COC3)CC2)s1. The molecule has 1 aromatic carbocycles. The molecule has 3 aromatic rings. The molecule has 0 unspecified atom stereocenters. The molecule has 3 heterocycles. The molecular weight excluding hydrogens is 556 g/mol. The van der Waals surface area contributed by atoms with Crippen LogP contribution < -0.4 is 21.1 Å². The minimum absolute atomic E-state index is 0.0411. The van der Waals surface area contributed by atoms with Crippen LogP contribution in [0.3, 0.4) is 0 Å². The number of aromatic nitrogens is 2. The lowest BCUT2D eigenvalue weighted by Gasteiger charge is -2.30. The van der Waals surface area contributed by atoms with Gasteiger partial charge < -0.3 is 25.4 Å². The molecule has 1 aliphatic carbocycles. The molecule has 0 radical (unpaired) electrons. The van der Waals surface area contributed by atoms with Crippen molar-refractivity contribution in [3.63, 3.8) is 0 Å². The van der Waals surface area contributed by atoms with Gasteiger partial charge in [-0.25, -0.2) is 28.1 Å². The van der Waals surface area contributed by atoms with Gasteiger partial charge in [-0.15, -0.1) is 11.3 Å². The maximum absolute atomic E-state index is 12.5. The molecule has 0 atom stereocenters. The summed E-state index contributed by atoms with van der Waals surface area (Å²) >= 11 is 1.42. The van der Waals surface area contributed by atoms with Crippen LogP contribution in [0.1, 0.15) is 42.3 Å². The van der Waals surface area contributed by atoms with Gasteiger partial charge in [-0.1, -0.05) is 12.1 Å². The Morgan fingerprint density at radius 1 is 1.10 bits per heavy atom. The van der Waals surface area contributed by atoms with Crippen LogP contribution in [-0.4, -0.2) is 55.9 Å². The van der Waals surface area contributed by atoms with Gasteiger partial charge in [-0.2, -0.15) is 0 Å². The number of sulfonamides is 1. The van der Waals surface area contributed by atoms with Crippen molar-refractivity contribution in [1.82, 2.24) is 20.6 Å². The summed E-state index contributed by atoms with van der Waals surface area (Å²) in [6, 6.07) is 9.49. The number of ether oxygens (including phenoxy) is 2. The van der Waals surface area contributed by atoms with E-state index in [0.29, 0.717) is 29.3 Å². The van der Waals surface area contributed by atoms with Crippen molar-refractivity contribution >= 4 is 39.2 Å². The van der Waals surface area contributed by atoms with Gasteiger partial charge in [0, 0.05) is 35.6 Å². The molecule has 5 rings (SSSR count). The largest absolute Gasteiger partial charge is 0.441 e. The molecule has 1 saturated heterocycles. The molecule has 0 spiro atoms. The smallest absolute Gasteiger partial charge is 0.407 e. The van der Waals surface area contributed by atoms with Crippen molar-refractivity contribution in [1.29, 1.82) is 0 Å². The number of urea groups is 1. The number of carbonyl (C=O) groups is 2. The second-order valence-corrected chi connectivity index (χ2v) is 12.3. The van der Waals surface area contributed by atoms with Crippen molar-refractivity contribution in [3.8, 4) is 10.4 Å². The zero-order valence-electron chi connectivity index (χ0n) is 21.5. The number of anilines is 1. The standard InChI is InChI=1S/C26H30N6O6S2/c27-40(35,36)23-11-18(31-25(33)30-12-19-3-1-2-10-28-19)8-9-21(23)22-13-29-24(39-22)16-4-6-17(7-5-16)32-26(34)38-20-14-37-15-20/h1-3,8-11,13,16-17,20H,4-7,12,14-15H2,(H,32,34)(H2,27,35,36)(H2,30,31,33). The minimum atomic E-state index is -4.10. The Hall–Kier alpha value is -3.59. The zero-order chi connectivity index (χ0) is 28.1. The molecule has 3 amide bonds. The maximum Gasteiger partial charge on any atom is 0.407 e. The molecule has 1 aliphatic heterocycles. The predicted molar refractivity (Wildman–Crippen MR) is 148 cm³/mol. The van der Waals surface area contributed by atoms with Crippen LogP contribution in [0, 0.1) is 0 Å². The van der Waals surface area contributed by atoms with E-state index in [9.17, 15) is 18.0 Å². The fraction of sp³-hybridized carbons (Fsp3) is 0.385. The molecule has 0 bridgehead atoms. The van der Waals surface area contributed by atoms with Crippen molar-refractivity contribution in [2.45, 2.75) is 55.2 Å². The monoisotopic (exact) mass is 586 g/mol. The van der Waals surface area contributed by atoms with E-state index < -0.39 is 22.1 Å². The Balaban J connectivity index is 1.21. The number of nitrogens with two attached hydrogens (primary N) is 1. The van der Waals surface area contributed by atoms with E-state index in [-0.39, 0.29) is 35.2 Å². The Bertz CT molecular complexity index is 1450. The highest BCUT2D eigenvalue weighted by molar-refractivity contribution is 7.89. The van der Waals surface area contributed by atoms with Crippen LogP contribution in [0.2, 0.25) is 0 Å². The van der Waals surface area contributed by atoms with E-state index in [2.05, 4.69) is 25.9 Å². The third-order valence-corrected chi connectivity index (χ3v) is 8.91. The molecule has 2 aliphatic rings. The fourth-order valence-corrected chi connectivity index (χ4v) is 6.57. The molecule has 40 heavy (non-hydrogen) atoms. The lowest BCUT2D eigenvalue weighted by atomic mass is 9.86. The van der Waals surface area contributed by atoms with E-state index >= 15 is 0 Å². The third-order valence-electron chi connectivity index (χ3n) is 6.77. The highest BCUT2D eigenvalue weighted by Gasteiger charge is 2.28. The summed E-state index contributed by atoms with van der Waals surface area (Å²) in [5.74, 6) is 0.203. The van der Waals surface area contributed by atoms with Gasteiger partial charge in [-0.3, -0.25) is 4.98 Å². The summed E-state index contributed by atoms with van der Waals surface area (Å²) in [6.07, 6.45) is 5.97. The van der Waals surface area contributed by atoms with Crippen molar-refractivity contribution in [3.05, 3.63) is 59.5 Å². The first kappa shape index (κ1) is 28.0. The summed E-state index contributed by atoms with van der Waals surface area (Å²) < 4.78 is 35.2. The van der Waals surface area contributed by atoms with E-state index in [0.717, 1.165) is 30.7 Å². The van der Waals surface area contributed by atoms with Crippen LogP contribution in [0.5, 0.6) is 0 Å². The second kappa shape index (κ2) is 12.3. The molecule has 212 valence electrons. The molecule has 5 N–H and O–H groups in total. The maximum atomic E-state index is 12.5. The number of carbonyl (C=O) groups excluding carboxylic acids is 2. The van der Waals surface area contributed by atoms with E-state index in [4.69, 9.17) is 14.6 Å². The van der Waals surface area contributed by atoms with Crippen LogP contribution in [0.15, 0.2) is 53.7 Å². The number of thiazole rings is 1. The predicted octanol–water partition coefficient (Wildman–Crippen LogP) is 3.33. The lowest BCUT2D eigenvalue weighted by Crippen LogP contribution is -2.44. The Morgan fingerprint density at radius 3 is 2.58 bits per heavy atom. The summed E-state index contributed by atoms with van der Waals surface area (Å²) in [7, 11) is -4.10. The average Bonchev–Trinajstić information content (AvgIpc) is 3.40. The van der Waals surface area contributed by atoms with Gasteiger partial charge in [0.2, 0.25) is 10.0 Å².